The standard InChI is InChI=1S/C12H20N2O3/c13-11-3-1-10(2-4-11)12(17)9-14(5-7-15)6-8-16/h1-4,12,15-17H,5-9,13H2. The minimum atomic E-state index is -0.645. The zero-order chi connectivity index (χ0) is 12.7. The Labute approximate surface area is 101 Å². The smallest absolute Gasteiger partial charge is 0.0916 e. The van der Waals surface area contributed by atoms with E-state index in [9.17, 15) is 5.11 Å². The topological polar surface area (TPSA) is 90.0 Å². The van der Waals surface area contributed by atoms with Gasteiger partial charge in [-0.15, -0.1) is 0 Å². The van der Waals surface area contributed by atoms with Gasteiger partial charge >= 0.3 is 0 Å². The summed E-state index contributed by atoms with van der Waals surface area (Å²) in [6.45, 7) is 1.27. The van der Waals surface area contributed by atoms with E-state index in [-0.39, 0.29) is 13.2 Å². The third-order valence-electron chi connectivity index (χ3n) is 2.58. The molecule has 1 atom stereocenters. The van der Waals surface area contributed by atoms with Gasteiger partial charge in [0.2, 0.25) is 0 Å². The number of nitrogen functional groups attached to an aromatic ring is 1. The first-order chi connectivity index (χ1) is 8.17. The molecule has 0 aliphatic rings. The van der Waals surface area contributed by atoms with Gasteiger partial charge in [-0.25, -0.2) is 0 Å². The summed E-state index contributed by atoms with van der Waals surface area (Å²) in [5.41, 5.74) is 7.00. The minimum Gasteiger partial charge on any atom is -0.399 e. The average Bonchev–Trinajstić information content (AvgIpc) is 2.30. The van der Waals surface area contributed by atoms with Crippen LogP contribution in [0.3, 0.4) is 0 Å². The normalized spacial score (nSPS) is 12.9. The van der Waals surface area contributed by atoms with Gasteiger partial charge in [0, 0.05) is 25.3 Å². The molecule has 0 saturated heterocycles. The molecule has 96 valence electrons. The molecule has 5 N–H and O–H groups in total. The number of rotatable bonds is 7. The fourth-order valence-corrected chi connectivity index (χ4v) is 1.65. The number of anilines is 1. The van der Waals surface area contributed by atoms with Crippen molar-refractivity contribution in [2.75, 3.05) is 38.6 Å². The Morgan fingerprint density at radius 2 is 1.59 bits per heavy atom. The second-order valence-corrected chi connectivity index (χ2v) is 3.93. The Hall–Kier alpha value is -1.14. The van der Waals surface area contributed by atoms with Crippen LogP contribution >= 0.6 is 0 Å². The molecule has 0 aromatic heterocycles. The number of hydrogen-bond donors (Lipinski definition) is 4. The van der Waals surface area contributed by atoms with Crippen LogP contribution in [0.2, 0.25) is 0 Å². The molecule has 0 bridgehead atoms. The van der Waals surface area contributed by atoms with Crippen molar-refractivity contribution >= 4 is 5.69 Å². The van der Waals surface area contributed by atoms with Crippen LogP contribution in [-0.4, -0.2) is 53.1 Å². The average molecular weight is 240 g/mol. The highest BCUT2D eigenvalue weighted by Crippen LogP contribution is 2.15. The Kier molecular flexibility index (Phi) is 5.93. The lowest BCUT2D eigenvalue weighted by Gasteiger charge is -2.23. The lowest BCUT2D eigenvalue weighted by Crippen LogP contribution is -2.33. The lowest BCUT2D eigenvalue weighted by molar-refractivity contribution is 0.0875. The zero-order valence-corrected chi connectivity index (χ0v) is 9.79. The number of aliphatic hydroxyl groups excluding tert-OH is 3. The van der Waals surface area contributed by atoms with Crippen molar-refractivity contribution in [3.05, 3.63) is 29.8 Å². The summed E-state index contributed by atoms with van der Waals surface area (Å²) in [7, 11) is 0. The fraction of sp³-hybridized carbons (Fsp3) is 0.500. The predicted octanol–water partition coefficient (Wildman–Crippen LogP) is -0.411. The van der Waals surface area contributed by atoms with Crippen molar-refractivity contribution in [2.45, 2.75) is 6.10 Å². The lowest BCUT2D eigenvalue weighted by atomic mass is 10.1. The second-order valence-electron chi connectivity index (χ2n) is 3.93. The van der Waals surface area contributed by atoms with Gasteiger partial charge < -0.3 is 21.1 Å². The Bertz CT molecular complexity index is 310. The number of hydrogen-bond acceptors (Lipinski definition) is 5. The molecule has 1 rings (SSSR count). The largest absolute Gasteiger partial charge is 0.399 e. The summed E-state index contributed by atoms with van der Waals surface area (Å²) < 4.78 is 0. The Balaban J connectivity index is 2.56. The van der Waals surface area contributed by atoms with Crippen molar-refractivity contribution in [3.8, 4) is 0 Å². The van der Waals surface area contributed by atoms with Crippen LogP contribution in [0.5, 0.6) is 0 Å². The number of aliphatic hydroxyl groups is 3. The third-order valence-corrected chi connectivity index (χ3v) is 2.58. The monoisotopic (exact) mass is 240 g/mol. The van der Waals surface area contributed by atoms with E-state index >= 15 is 0 Å². The zero-order valence-electron chi connectivity index (χ0n) is 9.79. The van der Waals surface area contributed by atoms with Gasteiger partial charge in [-0.3, -0.25) is 4.90 Å². The summed E-state index contributed by atoms with van der Waals surface area (Å²) in [4.78, 5) is 1.81. The number of nitrogens with zero attached hydrogens (tertiary/aromatic N) is 1. The number of benzene rings is 1. The molecule has 0 aliphatic carbocycles. The van der Waals surface area contributed by atoms with Gasteiger partial charge in [0.1, 0.15) is 0 Å². The van der Waals surface area contributed by atoms with Crippen LogP contribution in [0, 0.1) is 0 Å². The molecule has 0 amide bonds. The molecule has 0 saturated carbocycles. The molecule has 5 heteroatoms. The summed E-state index contributed by atoms with van der Waals surface area (Å²) in [5.74, 6) is 0. The fourth-order valence-electron chi connectivity index (χ4n) is 1.65. The molecule has 1 aromatic rings. The Morgan fingerprint density at radius 3 is 2.06 bits per heavy atom. The van der Waals surface area contributed by atoms with E-state index in [4.69, 9.17) is 15.9 Å². The summed E-state index contributed by atoms with van der Waals surface area (Å²) in [6, 6.07) is 7.02. The predicted molar refractivity (Wildman–Crippen MR) is 66.4 cm³/mol. The molecule has 0 radical (unpaired) electrons. The quantitative estimate of drug-likeness (QED) is 0.486. The van der Waals surface area contributed by atoms with Crippen LogP contribution in [0.25, 0.3) is 0 Å². The molecule has 1 aromatic carbocycles. The van der Waals surface area contributed by atoms with E-state index in [1.54, 1.807) is 29.2 Å². The molecule has 1 unspecified atom stereocenters. The highest BCUT2D eigenvalue weighted by molar-refractivity contribution is 5.39. The van der Waals surface area contributed by atoms with E-state index in [1.807, 2.05) is 0 Å². The first kappa shape index (κ1) is 13.9. The molecule has 0 aliphatic heterocycles. The molecular formula is C12H20N2O3. The minimum absolute atomic E-state index is 0.00839. The molecule has 17 heavy (non-hydrogen) atoms. The highest BCUT2D eigenvalue weighted by Gasteiger charge is 2.12. The maximum Gasteiger partial charge on any atom is 0.0916 e. The second kappa shape index (κ2) is 7.24. The van der Waals surface area contributed by atoms with Gasteiger partial charge in [0.15, 0.2) is 0 Å². The summed E-state index contributed by atoms with van der Waals surface area (Å²) in [5, 5.41) is 27.7. The van der Waals surface area contributed by atoms with E-state index < -0.39 is 6.10 Å². The van der Waals surface area contributed by atoms with Crippen molar-refractivity contribution in [2.24, 2.45) is 0 Å². The van der Waals surface area contributed by atoms with Gasteiger partial charge in [0.25, 0.3) is 0 Å². The third kappa shape index (κ3) is 4.70. The SMILES string of the molecule is Nc1ccc(C(O)CN(CCO)CCO)cc1. The van der Waals surface area contributed by atoms with Crippen molar-refractivity contribution in [1.29, 1.82) is 0 Å². The van der Waals surface area contributed by atoms with Crippen molar-refractivity contribution in [3.63, 3.8) is 0 Å². The highest BCUT2D eigenvalue weighted by atomic mass is 16.3. The van der Waals surface area contributed by atoms with Gasteiger partial charge in [0.05, 0.1) is 19.3 Å². The van der Waals surface area contributed by atoms with Crippen LogP contribution < -0.4 is 5.73 Å². The van der Waals surface area contributed by atoms with E-state index in [0.717, 1.165) is 5.56 Å². The van der Waals surface area contributed by atoms with Crippen LogP contribution in [0.15, 0.2) is 24.3 Å². The molecule has 0 heterocycles. The summed E-state index contributed by atoms with van der Waals surface area (Å²) in [6.07, 6.45) is -0.645. The molecule has 0 spiro atoms. The molecule has 5 nitrogen and oxygen atoms in total. The Morgan fingerprint density at radius 1 is 1.06 bits per heavy atom. The molecule has 0 fully saturated rings. The van der Waals surface area contributed by atoms with E-state index in [0.29, 0.717) is 25.3 Å². The van der Waals surface area contributed by atoms with Crippen molar-refractivity contribution < 1.29 is 15.3 Å². The van der Waals surface area contributed by atoms with Gasteiger partial charge in [-0.2, -0.15) is 0 Å². The van der Waals surface area contributed by atoms with E-state index in [1.165, 1.54) is 0 Å². The van der Waals surface area contributed by atoms with Crippen LogP contribution in [0.1, 0.15) is 11.7 Å². The maximum absolute atomic E-state index is 9.99. The van der Waals surface area contributed by atoms with Crippen molar-refractivity contribution in [1.82, 2.24) is 4.90 Å². The van der Waals surface area contributed by atoms with Gasteiger partial charge in [-0.1, -0.05) is 12.1 Å². The molecular weight excluding hydrogens is 220 g/mol. The first-order valence-corrected chi connectivity index (χ1v) is 5.65. The van der Waals surface area contributed by atoms with Gasteiger partial charge in [-0.05, 0) is 17.7 Å². The maximum atomic E-state index is 9.99. The summed E-state index contributed by atoms with van der Waals surface area (Å²) >= 11 is 0. The van der Waals surface area contributed by atoms with Crippen LogP contribution in [-0.2, 0) is 0 Å². The first-order valence-electron chi connectivity index (χ1n) is 5.65. The number of nitrogens with two attached hydrogens (primary N) is 1. The van der Waals surface area contributed by atoms with E-state index in [2.05, 4.69) is 0 Å². The van der Waals surface area contributed by atoms with Crippen LogP contribution in [0.4, 0.5) is 5.69 Å².